The van der Waals surface area contributed by atoms with Crippen LogP contribution < -0.4 is 10.2 Å². The van der Waals surface area contributed by atoms with Gasteiger partial charge in [-0.15, -0.1) is 0 Å². The molecule has 1 saturated heterocycles. The van der Waals surface area contributed by atoms with Crippen LogP contribution in [-0.2, 0) is 6.54 Å². The molecule has 1 heterocycles. The molecule has 2 amide bonds. The number of nitrogens with zero attached hydrogens (tertiary/aromatic N) is 2. The number of hydrogen-bond donors (Lipinski definition) is 1. The first-order valence-electron chi connectivity index (χ1n) is 7.79. The van der Waals surface area contributed by atoms with Crippen molar-refractivity contribution < 1.29 is 4.79 Å². The maximum atomic E-state index is 12.2. The predicted octanol–water partition coefficient (Wildman–Crippen LogP) is 3.37. The van der Waals surface area contributed by atoms with Gasteiger partial charge < -0.3 is 15.1 Å². The molecule has 0 atom stereocenters. The maximum absolute atomic E-state index is 12.2. The summed E-state index contributed by atoms with van der Waals surface area (Å²) in [7, 11) is 0. The molecule has 120 valence electrons. The second-order valence-electron chi connectivity index (χ2n) is 5.60. The van der Waals surface area contributed by atoms with E-state index in [1.807, 2.05) is 53.4 Å². The number of halogens is 1. The molecule has 23 heavy (non-hydrogen) atoms. The van der Waals surface area contributed by atoms with Gasteiger partial charge in [-0.25, -0.2) is 4.79 Å². The Morgan fingerprint density at radius 1 is 1.00 bits per heavy atom. The van der Waals surface area contributed by atoms with Gasteiger partial charge in [-0.1, -0.05) is 48.0 Å². The van der Waals surface area contributed by atoms with Crippen LogP contribution in [-0.4, -0.2) is 37.1 Å². The van der Waals surface area contributed by atoms with Gasteiger partial charge in [0.1, 0.15) is 0 Å². The summed E-state index contributed by atoms with van der Waals surface area (Å²) >= 11 is 6.04. The average molecular weight is 330 g/mol. The summed E-state index contributed by atoms with van der Waals surface area (Å²) in [6.45, 7) is 3.63. The van der Waals surface area contributed by atoms with E-state index in [1.165, 1.54) is 0 Å². The van der Waals surface area contributed by atoms with Crippen LogP contribution in [0.5, 0.6) is 0 Å². The van der Waals surface area contributed by atoms with E-state index in [0.717, 1.165) is 29.4 Å². The molecule has 0 unspecified atom stereocenters. The minimum atomic E-state index is -0.000373. The molecule has 0 aromatic heterocycles. The van der Waals surface area contributed by atoms with E-state index in [2.05, 4.69) is 16.3 Å². The molecule has 4 nitrogen and oxygen atoms in total. The van der Waals surface area contributed by atoms with E-state index in [0.29, 0.717) is 19.6 Å². The van der Waals surface area contributed by atoms with Crippen LogP contribution in [0.15, 0.2) is 54.6 Å². The molecule has 0 bridgehead atoms. The molecule has 1 N–H and O–H groups in total. The van der Waals surface area contributed by atoms with E-state index in [4.69, 9.17) is 11.6 Å². The fourth-order valence-corrected chi connectivity index (χ4v) is 2.91. The Kier molecular flexibility index (Phi) is 5.03. The Balaban J connectivity index is 1.49. The lowest BCUT2D eigenvalue weighted by Crippen LogP contribution is -2.51. The smallest absolute Gasteiger partial charge is 0.317 e. The lowest BCUT2D eigenvalue weighted by Gasteiger charge is -2.36. The number of carbonyl (C=O) groups is 1. The standard InChI is InChI=1S/C18H20ClN3O/c19-16-7-4-8-17(13-16)21-9-11-22(12-10-21)18(23)20-14-15-5-2-1-3-6-15/h1-8,13H,9-12,14H2,(H,20,23). The molecule has 2 aromatic rings. The van der Waals surface area contributed by atoms with Gasteiger partial charge in [-0.05, 0) is 23.8 Å². The van der Waals surface area contributed by atoms with Crippen LogP contribution in [0, 0.1) is 0 Å². The second kappa shape index (κ2) is 7.38. The second-order valence-corrected chi connectivity index (χ2v) is 6.03. The van der Waals surface area contributed by atoms with E-state index in [9.17, 15) is 4.79 Å². The quantitative estimate of drug-likeness (QED) is 0.937. The Morgan fingerprint density at radius 2 is 1.74 bits per heavy atom. The lowest BCUT2D eigenvalue weighted by molar-refractivity contribution is 0.194. The number of amides is 2. The molecule has 0 aliphatic carbocycles. The first-order chi connectivity index (χ1) is 11.2. The van der Waals surface area contributed by atoms with Crippen molar-refractivity contribution in [2.45, 2.75) is 6.54 Å². The number of hydrogen-bond acceptors (Lipinski definition) is 2. The monoisotopic (exact) mass is 329 g/mol. The van der Waals surface area contributed by atoms with Gasteiger partial charge in [0.15, 0.2) is 0 Å². The van der Waals surface area contributed by atoms with Gasteiger partial charge in [0.25, 0.3) is 0 Å². The van der Waals surface area contributed by atoms with Gasteiger partial charge in [0.2, 0.25) is 0 Å². The summed E-state index contributed by atoms with van der Waals surface area (Å²) in [5.41, 5.74) is 2.22. The SMILES string of the molecule is O=C(NCc1ccccc1)N1CCN(c2cccc(Cl)c2)CC1. The third-order valence-corrected chi connectivity index (χ3v) is 4.26. The zero-order valence-electron chi connectivity index (χ0n) is 12.9. The molecular weight excluding hydrogens is 310 g/mol. The number of carbonyl (C=O) groups excluding carboxylic acids is 1. The van der Waals surface area contributed by atoms with Crippen LogP contribution in [0.25, 0.3) is 0 Å². The molecule has 1 aliphatic heterocycles. The van der Waals surface area contributed by atoms with Gasteiger partial charge >= 0.3 is 6.03 Å². The van der Waals surface area contributed by atoms with Gasteiger partial charge in [0, 0.05) is 43.4 Å². The largest absolute Gasteiger partial charge is 0.368 e. The highest BCUT2D eigenvalue weighted by Crippen LogP contribution is 2.20. The highest BCUT2D eigenvalue weighted by Gasteiger charge is 2.21. The Labute approximate surface area is 141 Å². The van der Waals surface area contributed by atoms with Crippen LogP contribution in [0.2, 0.25) is 5.02 Å². The van der Waals surface area contributed by atoms with Crippen molar-refractivity contribution in [1.82, 2.24) is 10.2 Å². The maximum Gasteiger partial charge on any atom is 0.317 e. The minimum Gasteiger partial charge on any atom is -0.368 e. The fraction of sp³-hybridized carbons (Fsp3) is 0.278. The van der Waals surface area contributed by atoms with Crippen molar-refractivity contribution in [2.24, 2.45) is 0 Å². The normalized spacial score (nSPS) is 14.7. The first-order valence-corrected chi connectivity index (χ1v) is 8.17. The number of nitrogens with one attached hydrogen (secondary N) is 1. The van der Waals surface area contributed by atoms with E-state index in [-0.39, 0.29) is 6.03 Å². The third-order valence-electron chi connectivity index (χ3n) is 4.03. The van der Waals surface area contributed by atoms with Crippen LogP contribution in [0.1, 0.15) is 5.56 Å². The first kappa shape index (κ1) is 15.7. The summed E-state index contributed by atoms with van der Waals surface area (Å²) in [5, 5.41) is 3.72. The number of piperazine rings is 1. The van der Waals surface area contributed by atoms with E-state index in [1.54, 1.807) is 0 Å². The van der Waals surface area contributed by atoms with Gasteiger partial charge in [0.05, 0.1) is 0 Å². The average Bonchev–Trinajstić information content (AvgIpc) is 2.61. The summed E-state index contributed by atoms with van der Waals surface area (Å²) in [6, 6.07) is 17.8. The fourth-order valence-electron chi connectivity index (χ4n) is 2.73. The zero-order valence-corrected chi connectivity index (χ0v) is 13.7. The molecule has 0 saturated carbocycles. The number of rotatable bonds is 3. The van der Waals surface area contributed by atoms with Gasteiger partial charge in [-0.2, -0.15) is 0 Å². The Hall–Kier alpha value is -2.20. The highest BCUT2D eigenvalue weighted by molar-refractivity contribution is 6.30. The van der Waals surface area contributed by atoms with Crippen molar-refractivity contribution >= 4 is 23.3 Å². The molecule has 0 radical (unpaired) electrons. The van der Waals surface area contributed by atoms with Crippen molar-refractivity contribution in [3.05, 3.63) is 65.2 Å². The highest BCUT2D eigenvalue weighted by atomic mass is 35.5. The predicted molar refractivity (Wildman–Crippen MR) is 93.9 cm³/mol. The molecule has 5 heteroatoms. The lowest BCUT2D eigenvalue weighted by atomic mass is 10.2. The van der Waals surface area contributed by atoms with Crippen LogP contribution in [0.4, 0.5) is 10.5 Å². The summed E-state index contributed by atoms with van der Waals surface area (Å²) in [6.07, 6.45) is 0. The Morgan fingerprint density at radius 3 is 2.43 bits per heavy atom. The summed E-state index contributed by atoms with van der Waals surface area (Å²) < 4.78 is 0. The minimum absolute atomic E-state index is 0.000373. The molecule has 3 rings (SSSR count). The van der Waals surface area contributed by atoms with Crippen molar-refractivity contribution in [1.29, 1.82) is 0 Å². The summed E-state index contributed by atoms with van der Waals surface area (Å²) in [5.74, 6) is 0. The number of anilines is 1. The molecule has 2 aromatic carbocycles. The van der Waals surface area contributed by atoms with Crippen LogP contribution >= 0.6 is 11.6 Å². The van der Waals surface area contributed by atoms with E-state index < -0.39 is 0 Å². The van der Waals surface area contributed by atoms with Crippen molar-refractivity contribution in [3.63, 3.8) is 0 Å². The van der Waals surface area contributed by atoms with Gasteiger partial charge in [-0.3, -0.25) is 0 Å². The van der Waals surface area contributed by atoms with Crippen molar-refractivity contribution in [2.75, 3.05) is 31.1 Å². The number of urea groups is 1. The topological polar surface area (TPSA) is 35.6 Å². The molecule has 1 fully saturated rings. The summed E-state index contributed by atoms with van der Waals surface area (Å²) in [4.78, 5) is 16.4. The molecule has 1 aliphatic rings. The molecular formula is C18H20ClN3O. The zero-order chi connectivity index (χ0) is 16.1. The molecule has 0 spiro atoms. The Bertz CT molecular complexity index is 654. The number of benzene rings is 2. The van der Waals surface area contributed by atoms with Crippen LogP contribution in [0.3, 0.4) is 0 Å². The third kappa shape index (κ3) is 4.17. The van der Waals surface area contributed by atoms with Crippen molar-refractivity contribution in [3.8, 4) is 0 Å². The van der Waals surface area contributed by atoms with E-state index >= 15 is 0 Å².